The van der Waals surface area contributed by atoms with Crippen LogP contribution < -0.4 is 5.32 Å². The zero-order chi connectivity index (χ0) is 16.4. The van der Waals surface area contributed by atoms with Crippen LogP contribution in [0.1, 0.15) is 66.1 Å². The highest BCUT2D eigenvalue weighted by molar-refractivity contribution is 7.12. The number of nitrogens with zero attached hydrogens (tertiary/aromatic N) is 1. The second kappa shape index (κ2) is 7.14. The van der Waals surface area contributed by atoms with E-state index in [9.17, 15) is 4.79 Å². The van der Waals surface area contributed by atoms with Crippen LogP contribution in [0.2, 0.25) is 0 Å². The van der Waals surface area contributed by atoms with Crippen LogP contribution in [0.5, 0.6) is 0 Å². The molecule has 2 saturated heterocycles. The Morgan fingerprint density at radius 3 is 2.71 bits per heavy atom. The molecule has 1 aromatic heterocycles. The number of piperidine rings is 1. The van der Waals surface area contributed by atoms with Gasteiger partial charge in [-0.1, -0.05) is 6.42 Å². The number of hydrogen-bond donors (Lipinski definition) is 1. The van der Waals surface area contributed by atoms with E-state index in [2.05, 4.69) is 21.7 Å². The van der Waals surface area contributed by atoms with E-state index >= 15 is 0 Å². The van der Waals surface area contributed by atoms with E-state index in [1.807, 2.05) is 0 Å². The fourth-order valence-corrected chi connectivity index (χ4v) is 5.17. The molecule has 3 aliphatic rings. The molecule has 1 N–H and O–H groups in total. The van der Waals surface area contributed by atoms with E-state index in [0.717, 1.165) is 37.5 Å². The minimum atomic E-state index is 0.103. The average Bonchev–Trinajstić information content (AvgIpc) is 3.38. The molecule has 1 aliphatic carbocycles. The highest BCUT2D eigenvalue weighted by Gasteiger charge is 2.39. The topological polar surface area (TPSA) is 41.6 Å². The van der Waals surface area contributed by atoms with Gasteiger partial charge in [-0.05, 0) is 74.5 Å². The third-order valence-electron chi connectivity index (χ3n) is 5.95. The van der Waals surface area contributed by atoms with Crippen molar-refractivity contribution in [2.45, 2.75) is 56.4 Å². The standard InChI is InChI=1S/C19H28N2O2S/c22-18(17-16(6-13-24-17)15-4-5-15)20-14-19(7-11-23-12-8-19)21-9-2-1-3-10-21/h6,13,15H,1-5,7-12,14H2,(H,20,22). The van der Waals surface area contributed by atoms with Crippen molar-refractivity contribution in [3.8, 4) is 0 Å². The minimum Gasteiger partial charge on any atom is -0.381 e. The molecule has 1 amide bonds. The summed E-state index contributed by atoms with van der Waals surface area (Å²) in [5.74, 6) is 0.769. The Morgan fingerprint density at radius 2 is 2.00 bits per heavy atom. The van der Waals surface area contributed by atoms with Gasteiger partial charge in [0.25, 0.3) is 5.91 Å². The summed E-state index contributed by atoms with van der Waals surface area (Å²) in [5, 5.41) is 5.36. The second-order valence-corrected chi connectivity index (χ2v) is 8.46. The van der Waals surface area contributed by atoms with Crippen molar-refractivity contribution in [1.82, 2.24) is 10.2 Å². The van der Waals surface area contributed by atoms with Gasteiger partial charge in [-0.15, -0.1) is 11.3 Å². The number of likely N-dealkylation sites (tertiary alicyclic amines) is 1. The molecule has 4 nitrogen and oxygen atoms in total. The van der Waals surface area contributed by atoms with Gasteiger partial charge in [0.05, 0.1) is 4.88 Å². The molecular weight excluding hydrogens is 320 g/mol. The Labute approximate surface area is 148 Å². The Balaban J connectivity index is 1.44. The van der Waals surface area contributed by atoms with Crippen LogP contribution in [0.25, 0.3) is 0 Å². The molecule has 0 atom stereocenters. The SMILES string of the molecule is O=C(NCC1(N2CCCCC2)CCOCC1)c1sccc1C1CC1. The maximum Gasteiger partial charge on any atom is 0.261 e. The first-order valence-electron chi connectivity index (χ1n) is 9.47. The molecule has 1 saturated carbocycles. The first-order valence-corrected chi connectivity index (χ1v) is 10.3. The summed E-state index contributed by atoms with van der Waals surface area (Å²) >= 11 is 1.60. The smallest absolute Gasteiger partial charge is 0.261 e. The Hall–Kier alpha value is -0.910. The van der Waals surface area contributed by atoms with Crippen molar-refractivity contribution in [1.29, 1.82) is 0 Å². The van der Waals surface area contributed by atoms with Gasteiger partial charge < -0.3 is 10.1 Å². The number of rotatable bonds is 5. The van der Waals surface area contributed by atoms with Crippen molar-refractivity contribution in [3.63, 3.8) is 0 Å². The third kappa shape index (κ3) is 3.39. The number of carbonyl (C=O) groups is 1. The molecule has 3 heterocycles. The van der Waals surface area contributed by atoms with Crippen LogP contribution in [-0.2, 0) is 4.74 Å². The van der Waals surface area contributed by atoms with Gasteiger partial charge in [-0.25, -0.2) is 0 Å². The summed E-state index contributed by atoms with van der Waals surface area (Å²) in [6.45, 7) is 4.74. The highest BCUT2D eigenvalue weighted by atomic mass is 32.1. The molecule has 0 unspecified atom stereocenters. The number of thiophene rings is 1. The summed E-state index contributed by atoms with van der Waals surface area (Å²) in [7, 11) is 0. The summed E-state index contributed by atoms with van der Waals surface area (Å²) in [4.78, 5) is 16.4. The molecule has 3 fully saturated rings. The quantitative estimate of drug-likeness (QED) is 0.887. The van der Waals surface area contributed by atoms with Crippen molar-refractivity contribution in [2.24, 2.45) is 0 Å². The lowest BCUT2D eigenvalue weighted by molar-refractivity contribution is -0.0349. The van der Waals surface area contributed by atoms with E-state index in [1.54, 1.807) is 11.3 Å². The van der Waals surface area contributed by atoms with Crippen molar-refractivity contribution in [3.05, 3.63) is 21.9 Å². The second-order valence-electron chi connectivity index (χ2n) is 7.55. The number of ether oxygens (including phenoxy) is 1. The van der Waals surface area contributed by atoms with Gasteiger partial charge in [0.2, 0.25) is 0 Å². The first-order chi connectivity index (χ1) is 11.8. The molecule has 0 aromatic carbocycles. The van der Waals surface area contributed by atoms with Gasteiger partial charge in [-0.2, -0.15) is 0 Å². The number of carbonyl (C=O) groups excluding carboxylic acids is 1. The monoisotopic (exact) mass is 348 g/mol. The van der Waals surface area contributed by atoms with E-state index in [0.29, 0.717) is 5.92 Å². The zero-order valence-electron chi connectivity index (χ0n) is 14.4. The van der Waals surface area contributed by atoms with Crippen LogP contribution in [0.3, 0.4) is 0 Å². The van der Waals surface area contributed by atoms with Gasteiger partial charge in [0.15, 0.2) is 0 Å². The van der Waals surface area contributed by atoms with Crippen molar-refractivity contribution in [2.75, 3.05) is 32.8 Å². The summed E-state index contributed by atoms with van der Waals surface area (Å²) in [5.41, 5.74) is 1.38. The fraction of sp³-hybridized carbons (Fsp3) is 0.737. The summed E-state index contributed by atoms with van der Waals surface area (Å²) in [6, 6.07) is 2.14. The molecule has 4 rings (SSSR count). The lowest BCUT2D eigenvalue weighted by atomic mass is 9.86. The number of amides is 1. The maximum absolute atomic E-state index is 12.8. The Kier molecular flexibility index (Phi) is 4.93. The lowest BCUT2D eigenvalue weighted by Crippen LogP contribution is -2.59. The molecular formula is C19H28N2O2S. The third-order valence-corrected chi connectivity index (χ3v) is 6.88. The highest BCUT2D eigenvalue weighted by Crippen LogP contribution is 2.43. The Bertz CT molecular complexity index is 570. The molecule has 5 heteroatoms. The molecule has 0 radical (unpaired) electrons. The van der Waals surface area contributed by atoms with E-state index in [4.69, 9.17) is 4.74 Å². The minimum absolute atomic E-state index is 0.103. The molecule has 2 aliphatic heterocycles. The van der Waals surface area contributed by atoms with E-state index in [-0.39, 0.29) is 11.4 Å². The van der Waals surface area contributed by atoms with Crippen LogP contribution in [0, 0.1) is 0 Å². The van der Waals surface area contributed by atoms with E-state index in [1.165, 1.54) is 50.8 Å². The van der Waals surface area contributed by atoms with E-state index < -0.39 is 0 Å². The van der Waals surface area contributed by atoms with Crippen LogP contribution in [0.15, 0.2) is 11.4 Å². The van der Waals surface area contributed by atoms with Crippen LogP contribution in [-0.4, -0.2) is 49.2 Å². The lowest BCUT2D eigenvalue weighted by Gasteiger charge is -2.48. The Morgan fingerprint density at radius 1 is 1.25 bits per heavy atom. The zero-order valence-corrected chi connectivity index (χ0v) is 15.2. The van der Waals surface area contributed by atoms with Gasteiger partial charge in [0.1, 0.15) is 0 Å². The average molecular weight is 349 g/mol. The summed E-state index contributed by atoms with van der Waals surface area (Å²) < 4.78 is 5.62. The normalized spacial score (nSPS) is 24.7. The van der Waals surface area contributed by atoms with Crippen molar-refractivity contribution < 1.29 is 9.53 Å². The molecule has 132 valence electrons. The molecule has 24 heavy (non-hydrogen) atoms. The van der Waals surface area contributed by atoms with Crippen molar-refractivity contribution >= 4 is 17.2 Å². The molecule has 1 aromatic rings. The number of nitrogens with one attached hydrogen (secondary N) is 1. The first kappa shape index (κ1) is 16.6. The van der Waals surface area contributed by atoms with Crippen LogP contribution >= 0.6 is 11.3 Å². The predicted molar refractivity (Wildman–Crippen MR) is 96.8 cm³/mol. The predicted octanol–water partition coefficient (Wildman–Crippen LogP) is 3.39. The molecule has 0 bridgehead atoms. The summed E-state index contributed by atoms with van der Waals surface area (Å²) in [6.07, 6.45) is 8.47. The maximum atomic E-state index is 12.8. The molecule has 0 spiro atoms. The largest absolute Gasteiger partial charge is 0.381 e. The van der Waals surface area contributed by atoms with Gasteiger partial charge >= 0.3 is 0 Å². The van der Waals surface area contributed by atoms with Crippen LogP contribution in [0.4, 0.5) is 0 Å². The van der Waals surface area contributed by atoms with Gasteiger partial charge in [-0.3, -0.25) is 9.69 Å². The van der Waals surface area contributed by atoms with Gasteiger partial charge in [0, 0.05) is 25.3 Å². The number of hydrogen-bond acceptors (Lipinski definition) is 4. The fourth-order valence-electron chi connectivity index (χ4n) is 4.27.